The fourth-order valence-electron chi connectivity index (χ4n) is 1.63. The van der Waals surface area contributed by atoms with E-state index in [1.807, 2.05) is 30.3 Å². The summed E-state index contributed by atoms with van der Waals surface area (Å²) in [5.41, 5.74) is 0. The average Bonchev–Trinajstić information content (AvgIpc) is 2.36. The van der Waals surface area contributed by atoms with Gasteiger partial charge in [-0.25, -0.2) is 4.21 Å². The molecule has 0 bridgehead atoms. The van der Waals surface area contributed by atoms with Crippen molar-refractivity contribution in [3.05, 3.63) is 36.4 Å². The van der Waals surface area contributed by atoms with Crippen LogP contribution in [-0.4, -0.2) is 11.3 Å². The Morgan fingerprint density at radius 3 is 2.69 bits per heavy atom. The highest BCUT2D eigenvalue weighted by molar-refractivity contribution is 7.90. The smallest absolute Gasteiger partial charge is 0.136 e. The number of hydrogen-bond donors (Lipinski definition) is 0. The van der Waals surface area contributed by atoms with Crippen molar-refractivity contribution in [2.75, 3.05) is 7.11 Å². The highest BCUT2D eigenvalue weighted by atomic mass is 32.2. The van der Waals surface area contributed by atoms with E-state index in [1.54, 1.807) is 13.2 Å². The van der Waals surface area contributed by atoms with Gasteiger partial charge in [-0.1, -0.05) is 30.3 Å². The molecule has 1 atom stereocenters. The van der Waals surface area contributed by atoms with Crippen molar-refractivity contribution in [1.82, 2.24) is 0 Å². The van der Waals surface area contributed by atoms with Gasteiger partial charge in [-0.05, 0) is 11.5 Å². The Bertz CT molecular complexity index is 596. The lowest BCUT2D eigenvalue weighted by molar-refractivity contribution is 0.405. The van der Waals surface area contributed by atoms with E-state index < -0.39 is 10.8 Å². The van der Waals surface area contributed by atoms with Crippen LogP contribution < -0.4 is 4.74 Å². The highest BCUT2D eigenvalue weighted by Crippen LogP contribution is 2.30. The van der Waals surface area contributed by atoms with E-state index in [4.69, 9.17) is 11.2 Å². The molecule has 0 spiro atoms. The van der Waals surface area contributed by atoms with Crippen LogP contribution in [0.15, 0.2) is 41.3 Å². The topological polar surface area (TPSA) is 26.3 Å². The van der Waals surface area contributed by atoms with Crippen molar-refractivity contribution in [3.63, 3.8) is 0 Å². The molecular formula is C13H10O2S. The third-order valence-corrected chi connectivity index (χ3v) is 3.36. The van der Waals surface area contributed by atoms with Crippen LogP contribution in [0.2, 0.25) is 0 Å². The Kier molecular flexibility index (Phi) is 2.93. The van der Waals surface area contributed by atoms with E-state index in [1.165, 1.54) is 0 Å². The summed E-state index contributed by atoms with van der Waals surface area (Å²) in [7, 11) is 0.0694. The molecule has 0 aliphatic carbocycles. The monoisotopic (exact) mass is 230 g/mol. The Morgan fingerprint density at radius 2 is 2.00 bits per heavy atom. The first-order valence-corrected chi connectivity index (χ1v) is 5.86. The van der Waals surface area contributed by atoms with Crippen LogP contribution in [0.3, 0.4) is 0 Å². The third kappa shape index (κ3) is 1.68. The molecule has 3 heteroatoms. The van der Waals surface area contributed by atoms with E-state index in [0.717, 1.165) is 10.8 Å². The standard InChI is InChI=1S/C13H10O2S/c1-3-16(14)13-11-7-5-4-6-10(11)8-9-12(13)15-2/h1,4-9H,2H3. The predicted molar refractivity (Wildman–Crippen MR) is 65.7 cm³/mol. The number of fused-ring (bicyclic) bond motifs is 1. The summed E-state index contributed by atoms with van der Waals surface area (Å²) in [6, 6.07) is 11.4. The summed E-state index contributed by atoms with van der Waals surface area (Å²) in [5.74, 6) is 0.565. The molecule has 0 saturated carbocycles. The molecule has 0 aliphatic heterocycles. The summed E-state index contributed by atoms with van der Waals surface area (Å²) in [5, 5.41) is 4.12. The minimum Gasteiger partial charge on any atom is -0.495 e. The lowest BCUT2D eigenvalue weighted by atomic mass is 10.1. The zero-order valence-electron chi connectivity index (χ0n) is 8.77. The van der Waals surface area contributed by atoms with E-state index in [9.17, 15) is 4.21 Å². The normalized spacial score (nSPS) is 12.0. The summed E-state index contributed by atoms with van der Waals surface area (Å²) in [6.07, 6.45) is 5.21. The molecule has 0 saturated heterocycles. The maximum Gasteiger partial charge on any atom is 0.136 e. The van der Waals surface area contributed by atoms with Gasteiger partial charge in [0.05, 0.1) is 7.11 Å². The third-order valence-electron chi connectivity index (χ3n) is 2.36. The summed E-state index contributed by atoms with van der Waals surface area (Å²) in [4.78, 5) is 0.572. The quantitative estimate of drug-likeness (QED) is 0.741. The molecule has 2 aromatic carbocycles. The van der Waals surface area contributed by atoms with Gasteiger partial charge in [0.1, 0.15) is 21.4 Å². The van der Waals surface area contributed by atoms with Crippen LogP contribution in [0.5, 0.6) is 5.75 Å². The van der Waals surface area contributed by atoms with E-state index in [-0.39, 0.29) is 0 Å². The van der Waals surface area contributed by atoms with Gasteiger partial charge < -0.3 is 4.74 Å². The second kappa shape index (κ2) is 4.38. The van der Waals surface area contributed by atoms with Crippen LogP contribution in [0.25, 0.3) is 10.8 Å². The lowest BCUT2D eigenvalue weighted by Crippen LogP contribution is -1.95. The number of rotatable bonds is 2. The minimum absolute atomic E-state index is 0.565. The van der Waals surface area contributed by atoms with Crippen molar-refractivity contribution in [2.45, 2.75) is 4.90 Å². The van der Waals surface area contributed by atoms with E-state index >= 15 is 0 Å². The summed E-state index contributed by atoms with van der Waals surface area (Å²) in [6.45, 7) is 0. The summed E-state index contributed by atoms with van der Waals surface area (Å²) >= 11 is 0. The predicted octanol–water partition coefficient (Wildman–Crippen LogP) is 2.55. The van der Waals surface area contributed by atoms with Gasteiger partial charge in [-0.2, -0.15) is 0 Å². The number of benzene rings is 2. The number of hydrogen-bond acceptors (Lipinski definition) is 2. The van der Waals surface area contributed by atoms with Gasteiger partial charge in [0.2, 0.25) is 0 Å². The van der Waals surface area contributed by atoms with Gasteiger partial charge in [-0.3, -0.25) is 0 Å². The van der Waals surface area contributed by atoms with Crippen LogP contribution in [0.4, 0.5) is 0 Å². The molecule has 0 radical (unpaired) electrons. The first-order valence-electron chi connectivity index (χ1n) is 4.71. The molecule has 0 amide bonds. The molecule has 0 aliphatic rings. The maximum absolute atomic E-state index is 11.8. The summed E-state index contributed by atoms with van der Waals surface area (Å²) < 4.78 is 17.0. The molecular weight excluding hydrogens is 220 g/mol. The van der Waals surface area contributed by atoms with Crippen molar-refractivity contribution in [3.8, 4) is 17.4 Å². The highest BCUT2D eigenvalue weighted by Gasteiger charge is 2.12. The molecule has 0 heterocycles. The fourth-order valence-corrected chi connectivity index (χ4v) is 2.47. The van der Waals surface area contributed by atoms with Gasteiger partial charge in [0.15, 0.2) is 0 Å². The van der Waals surface area contributed by atoms with Gasteiger partial charge in [-0.15, -0.1) is 6.42 Å². The van der Waals surface area contributed by atoms with Crippen LogP contribution in [-0.2, 0) is 10.8 Å². The maximum atomic E-state index is 11.8. The molecule has 2 aromatic rings. The van der Waals surface area contributed by atoms with Gasteiger partial charge >= 0.3 is 0 Å². The van der Waals surface area contributed by atoms with Crippen molar-refractivity contribution in [2.24, 2.45) is 0 Å². The first kappa shape index (κ1) is 10.7. The zero-order valence-corrected chi connectivity index (χ0v) is 9.58. The molecule has 0 fully saturated rings. The molecule has 1 unspecified atom stereocenters. The fraction of sp³-hybridized carbons (Fsp3) is 0.0769. The second-order valence-electron chi connectivity index (χ2n) is 3.20. The molecule has 0 aromatic heterocycles. The lowest BCUT2D eigenvalue weighted by Gasteiger charge is -2.08. The Hall–Kier alpha value is -1.79. The Balaban J connectivity index is 2.84. The first-order chi connectivity index (χ1) is 7.77. The zero-order chi connectivity index (χ0) is 11.5. The average molecular weight is 230 g/mol. The molecule has 16 heavy (non-hydrogen) atoms. The molecule has 80 valence electrons. The van der Waals surface area contributed by atoms with Gasteiger partial charge in [0.25, 0.3) is 0 Å². The van der Waals surface area contributed by atoms with Crippen molar-refractivity contribution < 1.29 is 8.95 Å². The van der Waals surface area contributed by atoms with E-state index in [2.05, 4.69) is 5.25 Å². The molecule has 2 nitrogen and oxygen atoms in total. The van der Waals surface area contributed by atoms with Crippen molar-refractivity contribution >= 4 is 21.6 Å². The minimum atomic E-state index is -1.47. The second-order valence-corrected chi connectivity index (χ2v) is 4.39. The number of methoxy groups -OCH3 is 1. The number of terminal acetylenes is 1. The van der Waals surface area contributed by atoms with Gasteiger partial charge in [0, 0.05) is 10.6 Å². The van der Waals surface area contributed by atoms with Crippen LogP contribution in [0, 0.1) is 11.7 Å². The SMILES string of the molecule is C#CS(=O)c1c(OC)ccc2ccccc12. The van der Waals surface area contributed by atoms with E-state index in [0.29, 0.717) is 10.6 Å². The van der Waals surface area contributed by atoms with Crippen molar-refractivity contribution in [1.29, 1.82) is 0 Å². The molecule has 0 N–H and O–H groups in total. The molecule has 2 rings (SSSR count). The number of ether oxygens (including phenoxy) is 1. The van der Waals surface area contributed by atoms with Crippen LogP contribution in [0.1, 0.15) is 0 Å². The Labute approximate surface area is 96.7 Å². The van der Waals surface area contributed by atoms with Crippen LogP contribution >= 0.6 is 0 Å². The Morgan fingerprint density at radius 1 is 1.25 bits per heavy atom. The largest absolute Gasteiger partial charge is 0.495 e.